The minimum absolute atomic E-state index is 0.0601. The highest BCUT2D eigenvalue weighted by Gasteiger charge is 2.26. The second-order valence-corrected chi connectivity index (χ2v) is 7.45. The van der Waals surface area contributed by atoms with Crippen LogP contribution in [0.2, 0.25) is 5.02 Å². The monoisotopic (exact) mass is 379 g/mol. The normalized spacial score (nSPS) is 13.5. The largest absolute Gasteiger partial charge is 0.334 e. The zero-order valence-electron chi connectivity index (χ0n) is 15.6. The third kappa shape index (κ3) is 3.37. The van der Waals surface area contributed by atoms with E-state index in [9.17, 15) is 4.79 Å². The molecule has 2 aromatic carbocycles. The first-order valence-corrected chi connectivity index (χ1v) is 9.56. The van der Waals surface area contributed by atoms with Gasteiger partial charge in [-0.05, 0) is 43.0 Å². The van der Waals surface area contributed by atoms with Gasteiger partial charge in [0, 0.05) is 23.8 Å². The van der Waals surface area contributed by atoms with Crippen molar-refractivity contribution in [2.24, 2.45) is 0 Å². The molecule has 1 amide bonds. The summed E-state index contributed by atoms with van der Waals surface area (Å²) in [7, 11) is 0. The quantitative estimate of drug-likeness (QED) is 0.676. The summed E-state index contributed by atoms with van der Waals surface area (Å²) in [6.45, 7) is 5.82. The van der Waals surface area contributed by atoms with Crippen LogP contribution in [0.1, 0.15) is 38.4 Å². The van der Waals surface area contributed by atoms with Crippen molar-refractivity contribution in [2.45, 2.75) is 33.4 Å². The van der Waals surface area contributed by atoms with E-state index in [4.69, 9.17) is 11.6 Å². The van der Waals surface area contributed by atoms with Crippen LogP contribution < -0.4 is 0 Å². The predicted octanol–water partition coefficient (Wildman–Crippen LogP) is 4.40. The molecule has 1 aromatic heterocycles. The number of carbonyl (C=O) groups is 1. The minimum Gasteiger partial charge on any atom is -0.334 e. The number of aromatic nitrogens is 2. The lowest BCUT2D eigenvalue weighted by atomic mass is 9.99. The van der Waals surface area contributed by atoms with E-state index in [1.807, 2.05) is 53.8 Å². The number of hydrogen-bond donors (Lipinski definition) is 0. The Kier molecular flexibility index (Phi) is 4.75. The van der Waals surface area contributed by atoms with Crippen LogP contribution in [0.25, 0.3) is 0 Å². The van der Waals surface area contributed by atoms with Gasteiger partial charge in [0.1, 0.15) is 0 Å². The molecular formula is C22H22ClN3O. The van der Waals surface area contributed by atoms with E-state index in [2.05, 4.69) is 23.3 Å². The summed E-state index contributed by atoms with van der Waals surface area (Å²) in [6, 6.07) is 16.1. The molecule has 0 aliphatic carbocycles. The maximum absolute atomic E-state index is 13.2. The first-order chi connectivity index (χ1) is 13.0. The lowest BCUT2D eigenvalue weighted by Crippen LogP contribution is -2.36. The lowest BCUT2D eigenvalue weighted by molar-refractivity contribution is 0.0733. The van der Waals surface area contributed by atoms with Crippen LogP contribution in [0.15, 0.2) is 48.5 Å². The first-order valence-electron chi connectivity index (χ1n) is 9.18. The summed E-state index contributed by atoms with van der Waals surface area (Å²) >= 11 is 6.29. The lowest BCUT2D eigenvalue weighted by Gasteiger charge is -2.29. The number of fused-ring (bicyclic) bond motifs is 1. The van der Waals surface area contributed by atoms with Crippen molar-refractivity contribution in [1.82, 2.24) is 14.7 Å². The highest BCUT2D eigenvalue weighted by Crippen LogP contribution is 2.24. The third-order valence-corrected chi connectivity index (χ3v) is 5.66. The summed E-state index contributed by atoms with van der Waals surface area (Å²) in [4.78, 5) is 15.2. The van der Waals surface area contributed by atoms with Gasteiger partial charge >= 0.3 is 0 Å². The predicted molar refractivity (Wildman–Crippen MR) is 107 cm³/mol. The maximum Gasteiger partial charge on any atom is 0.257 e. The number of benzene rings is 2. The Morgan fingerprint density at radius 2 is 1.78 bits per heavy atom. The maximum atomic E-state index is 13.2. The Labute approximate surface area is 164 Å². The molecule has 0 N–H and O–H groups in total. The summed E-state index contributed by atoms with van der Waals surface area (Å²) < 4.78 is 1.88. The van der Waals surface area contributed by atoms with Crippen molar-refractivity contribution in [3.63, 3.8) is 0 Å². The van der Waals surface area contributed by atoms with Gasteiger partial charge in [0.05, 0.1) is 17.8 Å². The van der Waals surface area contributed by atoms with Gasteiger partial charge in [-0.25, -0.2) is 0 Å². The summed E-state index contributed by atoms with van der Waals surface area (Å²) in [5.74, 6) is 0.0601. The van der Waals surface area contributed by atoms with E-state index in [-0.39, 0.29) is 5.91 Å². The zero-order valence-corrected chi connectivity index (χ0v) is 16.3. The molecule has 0 fully saturated rings. The number of nitrogens with zero attached hydrogens (tertiary/aromatic N) is 3. The van der Waals surface area contributed by atoms with Crippen LogP contribution in [0.5, 0.6) is 0 Å². The molecule has 2 heterocycles. The van der Waals surface area contributed by atoms with Crippen LogP contribution in [-0.4, -0.2) is 27.1 Å². The molecule has 0 atom stereocenters. The van der Waals surface area contributed by atoms with Gasteiger partial charge < -0.3 is 4.90 Å². The fraction of sp³-hybridized carbons (Fsp3) is 0.273. The van der Waals surface area contributed by atoms with E-state index in [1.165, 1.54) is 11.1 Å². The van der Waals surface area contributed by atoms with Crippen LogP contribution in [0.3, 0.4) is 0 Å². The minimum atomic E-state index is 0.0601. The van der Waals surface area contributed by atoms with E-state index in [0.717, 1.165) is 29.9 Å². The fourth-order valence-electron chi connectivity index (χ4n) is 3.78. The molecular weight excluding hydrogens is 358 g/mol. The molecule has 5 heteroatoms. The number of hydrogen-bond acceptors (Lipinski definition) is 2. The summed E-state index contributed by atoms with van der Waals surface area (Å²) in [6.07, 6.45) is 0.897. The van der Waals surface area contributed by atoms with Crippen molar-refractivity contribution in [1.29, 1.82) is 0 Å². The molecule has 0 unspecified atom stereocenters. The van der Waals surface area contributed by atoms with Crippen LogP contribution >= 0.6 is 11.6 Å². The van der Waals surface area contributed by atoms with E-state index in [0.29, 0.717) is 23.7 Å². The van der Waals surface area contributed by atoms with Crippen LogP contribution in [-0.2, 0) is 19.5 Å². The van der Waals surface area contributed by atoms with Gasteiger partial charge in [-0.1, -0.05) is 54.1 Å². The molecule has 0 bridgehead atoms. The molecule has 0 radical (unpaired) electrons. The SMILES string of the molecule is Cc1nn(Cc2ccccc2Cl)c(C)c1C(=O)N1CCc2ccccc2C1. The number of rotatable bonds is 3. The summed E-state index contributed by atoms with van der Waals surface area (Å²) in [5.41, 5.74) is 5.93. The average molecular weight is 380 g/mol. The Hall–Kier alpha value is -2.59. The van der Waals surface area contributed by atoms with Crippen LogP contribution in [0.4, 0.5) is 0 Å². The van der Waals surface area contributed by atoms with E-state index in [1.54, 1.807) is 0 Å². The Bertz CT molecular complexity index is 1010. The van der Waals surface area contributed by atoms with Crippen LogP contribution in [0, 0.1) is 13.8 Å². The van der Waals surface area contributed by atoms with Crippen molar-refractivity contribution < 1.29 is 4.79 Å². The molecule has 138 valence electrons. The van der Waals surface area contributed by atoms with E-state index >= 15 is 0 Å². The van der Waals surface area contributed by atoms with E-state index < -0.39 is 0 Å². The van der Waals surface area contributed by atoms with Gasteiger partial charge in [0.2, 0.25) is 0 Å². The smallest absolute Gasteiger partial charge is 0.257 e. The number of halogens is 1. The van der Waals surface area contributed by atoms with Gasteiger partial charge in [0.25, 0.3) is 5.91 Å². The molecule has 0 saturated carbocycles. The molecule has 4 nitrogen and oxygen atoms in total. The van der Waals surface area contributed by atoms with Crippen molar-refractivity contribution >= 4 is 17.5 Å². The number of carbonyl (C=O) groups excluding carboxylic acids is 1. The fourth-order valence-corrected chi connectivity index (χ4v) is 3.97. The molecule has 27 heavy (non-hydrogen) atoms. The highest BCUT2D eigenvalue weighted by atomic mass is 35.5. The number of amides is 1. The zero-order chi connectivity index (χ0) is 19.0. The molecule has 0 saturated heterocycles. The van der Waals surface area contributed by atoms with Gasteiger partial charge in [-0.2, -0.15) is 5.10 Å². The van der Waals surface area contributed by atoms with Crippen molar-refractivity contribution in [3.8, 4) is 0 Å². The topological polar surface area (TPSA) is 38.1 Å². The van der Waals surface area contributed by atoms with Gasteiger partial charge in [0.15, 0.2) is 0 Å². The summed E-state index contributed by atoms with van der Waals surface area (Å²) in [5, 5.41) is 5.33. The molecule has 1 aliphatic heterocycles. The highest BCUT2D eigenvalue weighted by molar-refractivity contribution is 6.31. The second kappa shape index (κ2) is 7.20. The van der Waals surface area contributed by atoms with Crippen molar-refractivity contribution in [3.05, 3.63) is 87.2 Å². The Morgan fingerprint density at radius 1 is 1.07 bits per heavy atom. The van der Waals surface area contributed by atoms with Gasteiger partial charge in [-0.15, -0.1) is 0 Å². The Balaban J connectivity index is 1.60. The average Bonchev–Trinajstić information content (AvgIpc) is 2.96. The molecule has 0 spiro atoms. The molecule has 1 aliphatic rings. The third-order valence-electron chi connectivity index (χ3n) is 5.29. The van der Waals surface area contributed by atoms with Crippen molar-refractivity contribution in [2.75, 3.05) is 6.54 Å². The molecule has 4 rings (SSSR count). The second-order valence-electron chi connectivity index (χ2n) is 7.04. The standard InChI is InChI=1S/C22H22ClN3O/c1-15-21(16(2)26(24-15)14-19-9-5-6-10-20(19)23)22(27)25-12-11-17-7-3-4-8-18(17)13-25/h3-10H,11-14H2,1-2H3. The first kappa shape index (κ1) is 17.8. The number of aryl methyl sites for hydroxylation is 1. The molecule has 3 aromatic rings. The Morgan fingerprint density at radius 3 is 2.56 bits per heavy atom. The van der Waals surface area contributed by atoms with Gasteiger partial charge in [-0.3, -0.25) is 9.48 Å².